The van der Waals surface area contributed by atoms with Gasteiger partial charge in [0.15, 0.2) is 0 Å². The summed E-state index contributed by atoms with van der Waals surface area (Å²) in [5.41, 5.74) is 8.81. The lowest BCUT2D eigenvalue weighted by Crippen LogP contribution is -2.48. The third kappa shape index (κ3) is 4.18. The van der Waals surface area contributed by atoms with Gasteiger partial charge in [-0.3, -0.25) is 4.90 Å². The van der Waals surface area contributed by atoms with Gasteiger partial charge in [0.1, 0.15) is 0 Å². The number of rotatable bonds is 6. The van der Waals surface area contributed by atoms with Gasteiger partial charge in [0, 0.05) is 55.6 Å². The lowest BCUT2D eigenvalue weighted by molar-refractivity contribution is 0.134. The van der Waals surface area contributed by atoms with Gasteiger partial charge in [-0.2, -0.15) is 5.26 Å². The standard InChI is InChI=1S/C22H27N5S/c23-8-11-26-14-12-25(13-15-26)9-3-10-27-19-4-1-2-5-21(19)28-22-7-6-18(17-24)16-20(22)27/h1-2,4-7,16H,3,8-15,23H2. The van der Waals surface area contributed by atoms with E-state index < -0.39 is 0 Å². The van der Waals surface area contributed by atoms with Gasteiger partial charge in [-0.15, -0.1) is 0 Å². The van der Waals surface area contributed by atoms with Gasteiger partial charge in [-0.25, -0.2) is 0 Å². The summed E-state index contributed by atoms with van der Waals surface area (Å²) in [5.74, 6) is 0. The maximum Gasteiger partial charge on any atom is 0.0992 e. The number of anilines is 2. The summed E-state index contributed by atoms with van der Waals surface area (Å²) in [6.45, 7) is 8.31. The average Bonchev–Trinajstić information content (AvgIpc) is 2.74. The Hall–Kier alpha value is -2.04. The van der Waals surface area contributed by atoms with E-state index in [2.05, 4.69) is 51.1 Å². The number of nitrogens with two attached hydrogens (primary N) is 1. The second kappa shape index (κ2) is 8.97. The number of piperazine rings is 1. The Kier molecular flexibility index (Phi) is 6.18. The molecule has 2 N–H and O–H groups in total. The van der Waals surface area contributed by atoms with Crippen molar-refractivity contribution in [1.82, 2.24) is 9.80 Å². The minimum absolute atomic E-state index is 0.722. The maximum absolute atomic E-state index is 9.33. The molecule has 0 bridgehead atoms. The summed E-state index contributed by atoms with van der Waals surface area (Å²) < 4.78 is 0. The molecule has 5 nitrogen and oxygen atoms in total. The molecule has 1 saturated heterocycles. The SMILES string of the molecule is N#Cc1ccc2c(c1)N(CCCN1CCN(CCN)CC1)c1ccccc1S2. The molecule has 28 heavy (non-hydrogen) atoms. The lowest BCUT2D eigenvalue weighted by atomic mass is 10.1. The van der Waals surface area contributed by atoms with Crippen LogP contribution in [-0.4, -0.2) is 62.2 Å². The third-order valence-electron chi connectivity index (χ3n) is 5.52. The highest BCUT2D eigenvalue weighted by molar-refractivity contribution is 7.99. The van der Waals surface area contributed by atoms with Crippen LogP contribution in [0, 0.1) is 11.3 Å². The molecule has 1 fully saturated rings. The molecule has 0 saturated carbocycles. The fourth-order valence-corrected chi connectivity index (χ4v) is 5.09. The molecule has 0 atom stereocenters. The van der Waals surface area contributed by atoms with Crippen molar-refractivity contribution in [2.45, 2.75) is 16.2 Å². The van der Waals surface area contributed by atoms with E-state index in [1.807, 2.05) is 12.1 Å². The van der Waals surface area contributed by atoms with Gasteiger partial charge in [-0.1, -0.05) is 23.9 Å². The van der Waals surface area contributed by atoms with Gasteiger partial charge in [0.05, 0.1) is 23.0 Å². The molecule has 2 aromatic carbocycles. The van der Waals surface area contributed by atoms with Gasteiger partial charge < -0.3 is 15.5 Å². The van der Waals surface area contributed by atoms with E-state index in [1.54, 1.807) is 11.8 Å². The van der Waals surface area contributed by atoms with E-state index in [1.165, 1.54) is 15.5 Å². The molecular formula is C22H27N5S. The fraction of sp³-hybridized carbons (Fsp3) is 0.409. The molecule has 4 rings (SSSR count). The highest BCUT2D eigenvalue weighted by Crippen LogP contribution is 2.48. The smallest absolute Gasteiger partial charge is 0.0992 e. The molecule has 146 valence electrons. The van der Waals surface area contributed by atoms with E-state index >= 15 is 0 Å². The topological polar surface area (TPSA) is 59.5 Å². The van der Waals surface area contributed by atoms with Crippen LogP contribution in [0.25, 0.3) is 0 Å². The molecule has 0 amide bonds. The average molecular weight is 394 g/mol. The van der Waals surface area contributed by atoms with Gasteiger partial charge in [0.2, 0.25) is 0 Å². The largest absolute Gasteiger partial charge is 0.340 e. The van der Waals surface area contributed by atoms with E-state index in [-0.39, 0.29) is 0 Å². The summed E-state index contributed by atoms with van der Waals surface area (Å²) in [5, 5.41) is 9.33. The Bertz CT molecular complexity index is 854. The number of nitriles is 1. The normalized spacial score (nSPS) is 17.1. The molecule has 2 aliphatic rings. The summed E-state index contributed by atoms with van der Waals surface area (Å²) in [6, 6.07) is 16.9. The van der Waals surface area contributed by atoms with Crippen molar-refractivity contribution in [2.24, 2.45) is 5.73 Å². The summed E-state index contributed by atoms with van der Waals surface area (Å²) in [7, 11) is 0. The quantitative estimate of drug-likeness (QED) is 0.814. The number of fused-ring (bicyclic) bond motifs is 2. The Labute approximate surface area is 171 Å². The molecule has 2 aromatic rings. The Balaban J connectivity index is 1.44. The van der Waals surface area contributed by atoms with Crippen molar-refractivity contribution in [3.63, 3.8) is 0 Å². The minimum Gasteiger partial charge on any atom is -0.340 e. The predicted molar refractivity (Wildman–Crippen MR) is 115 cm³/mol. The van der Waals surface area contributed by atoms with Crippen LogP contribution in [-0.2, 0) is 0 Å². The van der Waals surface area contributed by atoms with Crippen molar-refractivity contribution in [2.75, 3.05) is 57.3 Å². The maximum atomic E-state index is 9.33. The second-order valence-corrected chi connectivity index (χ2v) is 8.43. The van der Waals surface area contributed by atoms with Crippen LogP contribution >= 0.6 is 11.8 Å². The van der Waals surface area contributed by atoms with Gasteiger partial charge in [0.25, 0.3) is 0 Å². The van der Waals surface area contributed by atoms with Crippen LogP contribution in [0.15, 0.2) is 52.3 Å². The van der Waals surface area contributed by atoms with Crippen LogP contribution < -0.4 is 10.6 Å². The zero-order valence-electron chi connectivity index (χ0n) is 16.2. The first-order valence-corrected chi connectivity index (χ1v) is 10.8. The Morgan fingerprint density at radius 2 is 1.61 bits per heavy atom. The van der Waals surface area contributed by atoms with Crippen molar-refractivity contribution in [1.29, 1.82) is 5.26 Å². The highest BCUT2D eigenvalue weighted by atomic mass is 32.2. The molecule has 0 unspecified atom stereocenters. The number of hydrogen-bond acceptors (Lipinski definition) is 6. The Morgan fingerprint density at radius 3 is 2.36 bits per heavy atom. The first-order chi connectivity index (χ1) is 13.8. The molecule has 0 spiro atoms. The number of hydrogen-bond donors (Lipinski definition) is 1. The van der Waals surface area contributed by atoms with Crippen molar-refractivity contribution >= 4 is 23.1 Å². The fourth-order valence-electron chi connectivity index (χ4n) is 4.01. The molecule has 6 heteroatoms. The summed E-state index contributed by atoms with van der Waals surface area (Å²) in [6.07, 6.45) is 1.10. The van der Waals surface area contributed by atoms with E-state index in [9.17, 15) is 5.26 Å². The number of para-hydroxylation sites is 1. The van der Waals surface area contributed by atoms with E-state index in [4.69, 9.17) is 5.73 Å². The first kappa shape index (κ1) is 19.3. The third-order valence-corrected chi connectivity index (χ3v) is 6.65. The number of nitrogens with zero attached hydrogens (tertiary/aromatic N) is 4. The van der Waals surface area contributed by atoms with Crippen LogP contribution in [0.1, 0.15) is 12.0 Å². The van der Waals surface area contributed by atoms with Crippen LogP contribution in [0.2, 0.25) is 0 Å². The first-order valence-electron chi connectivity index (χ1n) is 10.0. The van der Waals surface area contributed by atoms with Crippen molar-refractivity contribution in [3.05, 3.63) is 48.0 Å². The molecule has 0 aliphatic carbocycles. The number of benzene rings is 2. The molecule has 2 heterocycles. The predicted octanol–water partition coefficient (Wildman–Crippen LogP) is 3.13. The monoisotopic (exact) mass is 393 g/mol. The molecule has 0 radical (unpaired) electrons. The van der Waals surface area contributed by atoms with Crippen molar-refractivity contribution < 1.29 is 0 Å². The minimum atomic E-state index is 0.722. The van der Waals surface area contributed by atoms with E-state index in [0.717, 1.165) is 70.0 Å². The molecule has 2 aliphatic heterocycles. The van der Waals surface area contributed by atoms with Crippen LogP contribution in [0.5, 0.6) is 0 Å². The molecular weight excluding hydrogens is 366 g/mol. The lowest BCUT2D eigenvalue weighted by Gasteiger charge is -2.36. The zero-order chi connectivity index (χ0) is 19.3. The molecule has 0 aromatic heterocycles. The summed E-state index contributed by atoms with van der Waals surface area (Å²) in [4.78, 5) is 9.92. The second-order valence-electron chi connectivity index (χ2n) is 7.34. The summed E-state index contributed by atoms with van der Waals surface area (Å²) >= 11 is 1.79. The van der Waals surface area contributed by atoms with E-state index in [0.29, 0.717) is 0 Å². The highest BCUT2D eigenvalue weighted by Gasteiger charge is 2.24. The zero-order valence-corrected chi connectivity index (χ0v) is 17.0. The van der Waals surface area contributed by atoms with Gasteiger partial charge >= 0.3 is 0 Å². The van der Waals surface area contributed by atoms with Crippen LogP contribution in [0.4, 0.5) is 11.4 Å². The Morgan fingerprint density at radius 1 is 0.893 bits per heavy atom. The van der Waals surface area contributed by atoms with Crippen LogP contribution in [0.3, 0.4) is 0 Å². The van der Waals surface area contributed by atoms with Gasteiger partial charge in [-0.05, 0) is 43.3 Å². The van der Waals surface area contributed by atoms with Crippen molar-refractivity contribution in [3.8, 4) is 6.07 Å².